The molecular formula is C2H5N3O. The average Bonchev–Trinajstić information content (AvgIpc) is 1.86. The lowest BCUT2D eigenvalue weighted by Gasteiger charge is -1.92. The zero-order valence-electron chi connectivity index (χ0n) is 3.05. The van der Waals surface area contributed by atoms with Crippen LogP contribution in [0.25, 0.3) is 0 Å². The number of hydrogen-bond acceptors (Lipinski definition) is 4. The van der Waals surface area contributed by atoms with Gasteiger partial charge in [-0.05, 0) is 0 Å². The third kappa shape index (κ3) is 0.474. The standard InChI is InChI=1S/C2H5N3O/c6-2-3-1-4-5-2/h1-2,5-6H,(H,3,4). The molecule has 0 saturated heterocycles. The van der Waals surface area contributed by atoms with Gasteiger partial charge in [-0.1, -0.05) is 0 Å². The molecule has 0 amide bonds. The lowest BCUT2D eigenvalue weighted by molar-refractivity contribution is 0.152. The quantitative estimate of drug-likeness (QED) is 0.333. The number of aliphatic hydroxyl groups excluding tert-OH is 1. The van der Waals surface area contributed by atoms with Crippen LogP contribution in [0.5, 0.6) is 0 Å². The lowest BCUT2D eigenvalue weighted by Crippen LogP contribution is -2.30. The van der Waals surface area contributed by atoms with Crippen LogP contribution in [0, 0.1) is 0 Å². The molecule has 0 bridgehead atoms. The molecule has 6 heavy (non-hydrogen) atoms. The molecule has 0 aromatic rings. The predicted molar refractivity (Wildman–Crippen MR) is 20.8 cm³/mol. The molecule has 4 heteroatoms. The van der Waals surface area contributed by atoms with E-state index in [1.807, 2.05) is 0 Å². The van der Waals surface area contributed by atoms with Crippen LogP contribution in [-0.4, -0.2) is 17.8 Å². The number of hydrogen-bond donors (Lipinski definition) is 3. The van der Waals surface area contributed by atoms with Gasteiger partial charge in [-0.15, -0.1) is 0 Å². The van der Waals surface area contributed by atoms with E-state index in [0.717, 1.165) is 0 Å². The third-order valence-electron chi connectivity index (χ3n) is 0.493. The van der Waals surface area contributed by atoms with Crippen molar-refractivity contribution in [2.75, 3.05) is 0 Å². The highest BCUT2D eigenvalue weighted by Gasteiger charge is 1.98. The Labute approximate surface area is 34.9 Å². The first-order valence-corrected chi connectivity index (χ1v) is 1.60. The van der Waals surface area contributed by atoms with Gasteiger partial charge in [0.1, 0.15) is 6.34 Å². The smallest absolute Gasteiger partial charge is 0.220 e. The van der Waals surface area contributed by atoms with Crippen molar-refractivity contribution in [3.63, 3.8) is 0 Å². The summed E-state index contributed by atoms with van der Waals surface area (Å²) in [6, 6.07) is 0. The molecule has 0 aromatic carbocycles. The lowest BCUT2D eigenvalue weighted by atomic mass is 11.1. The predicted octanol–water partition coefficient (Wildman–Crippen LogP) is -1.60. The number of aliphatic imine (C=N–C) groups is 1. The van der Waals surface area contributed by atoms with Gasteiger partial charge in [-0.25, -0.2) is 4.99 Å². The Balaban J connectivity index is 2.38. The van der Waals surface area contributed by atoms with Crippen molar-refractivity contribution in [1.29, 1.82) is 0 Å². The Bertz CT molecular complexity index is 71.2. The van der Waals surface area contributed by atoms with Crippen LogP contribution in [0.2, 0.25) is 0 Å². The first-order valence-electron chi connectivity index (χ1n) is 1.60. The van der Waals surface area contributed by atoms with Gasteiger partial charge in [0.15, 0.2) is 0 Å². The Morgan fingerprint density at radius 1 is 1.83 bits per heavy atom. The fraction of sp³-hybridized carbons (Fsp3) is 0.500. The van der Waals surface area contributed by atoms with Crippen LogP contribution in [0.15, 0.2) is 4.99 Å². The summed E-state index contributed by atoms with van der Waals surface area (Å²) >= 11 is 0. The summed E-state index contributed by atoms with van der Waals surface area (Å²) in [6.07, 6.45) is 0.648. The van der Waals surface area contributed by atoms with Crippen LogP contribution in [-0.2, 0) is 0 Å². The van der Waals surface area contributed by atoms with E-state index < -0.39 is 6.35 Å². The largest absolute Gasteiger partial charge is 0.358 e. The van der Waals surface area contributed by atoms with Gasteiger partial charge in [-0.2, -0.15) is 5.43 Å². The summed E-state index contributed by atoms with van der Waals surface area (Å²) in [5, 5.41) is 8.36. The molecular weight excluding hydrogens is 82.0 g/mol. The first-order chi connectivity index (χ1) is 2.89. The minimum Gasteiger partial charge on any atom is -0.358 e. The zero-order chi connectivity index (χ0) is 4.41. The fourth-order valence-corrected chi connectivity index (χ4v) is 0.257. The molecule has 0 aliphatic carbocycles. The molecule has 0 aromatic heterocycles. The minimum absolute atomic E-state index is 0.745. The molecule has 0 fully saturated rings. The van der Waals surface area contributed by atoms with Gasteiger partial charge in [-0.3, -0.25) is 0 Å². The van der Waals surface area contributed by atoms with E-state index in [1.54, 1.807) is 0 Å². The molecule has 1 unspecified atom stereocenters. The van der Waals surface area contributed by atoms with Crippen LogP contribution in [0.4, 0.5) is 0 Å². The molecule has 4 nitrogen and oxygen atoms in total. The summed E-state index contributed by atoms with van der Waals surface area (Å²) in [5.41, 5.74) is 4.88. The highest BCUT2D eigenvalue weighted by molar-refractivity contribution is 5.55. The normalized spacial score (nSPS) is 30.5. The maximum absolute atomic E-state index is 8.36. The fourth-order valence-electron chi connectivity index (χ4n) is 0.257. The van der Waals surface area contributed by atoms with Crippen molar-refractivity contribution in [3.05, 3.63) is 0 Å². The van der Waals surface area contributed by atoms with Crippen LogP contribution >= 0.6 is 0 Å². The third-order valence-corrected chi connectivity index (χ3v) is 0.493. The van der Waals surface area contributed by atoms with Gasteiger partial charge in [0.05, 0.1) is 0 Å². The summed E-state index contributed by atoms with van der Waals surface area (Å²) in [7, 11) is 0. The molecule has 1 aliphatic rings. The molecule has 1 aliphatic heterocycles. The van der Waals surface area contributed by atoms with Crippen LogP contribution in [0.1, 0.15) is 0 Å². The molecule has 1 atom stereocenters. The van der Waals surface area contributed by atoms with Crippen molar-refractivity contribution in [1.82, 2.24) is 10.9 Å². The van der Waals surface area contributed by atoms with E-state index in [4.69, 9.17) is 5.11 Å². The molecule has 0 spiro atoms. The highest BCUT2D eigenvalue weighted by atomic mass is 16.3. The zero-order valence-corrected chi connectivity index (χ0v) is 3.05. The Morgan fingerprint density at radius 3 is 2.83 bits per heavy atom. The van der Waals surface area contributed by atoms with Crippen molar-refractivity contribution in [2.24, 2.45) is 4.99 Å². The number of hydrazine groups is 1. The van der Waals surface area contributed by atoms with E-state index in [0.29, 0.717) is 0 Å². The monoisotopic (exact) mass is 87.0 g/mol. The minimum atomic E-state index is -0.745. The summed E-state index contributed by atoms with van der Waals surface area (Å²) < 4.78 is 0. The van der Waals surface area contributed by atoms with Gasteiger partial charge < -0.3 is 10.5 Å². The van der Waals surface area contributed by atoms with Crippen LogP contribution in [0.3, 0.4) is 0 Å². The summed E-state index contributed by atoms with van der Waals surface area (Å²) in [6.45, 7) is 0. The van der Waals surface area contributed by atoms with E-state index in [9.17, 15) is 0 Å². The number of nitrogens with zero attached hydrogens (tertiary/aromatic N) is 1. The van der Waals surface area contributed by atoms with E-state index in [2.05, 4.69) is 15.8 Å². The maximum atomic E-state index is 8.36. The average molecular weight is 87.1 g/mol. The van der Waals surface area contributed by atoms with Gasteiger partial charge in [0, 0.05) is 0 Å². The molecule has 0 radical (unpaired) electrons. The van der Waals surface area contributed by atoms with E-state index in [1.165, 1.54) is 6.34 Å². The molecule has 1 heterocycles. The SMILES string of the molecule is OC1N=CNN1. The van der Waals surface area contributed by atoms with E-state index >= 15 is 0 Å². The Kier molecular flexibility index (Phi) is 0.736. The van der Waals surface area contributed by atoms with Crippen molar-refractivity contribution in [2.45, 2.75) is 6.35 Å². The number of aliphatic hydroxyl groups is 1. The molecule has 3 N–H and O–H groups in total. The van der Waals surface area contributed by atoms with Crippen molar-refractivity contribution >= 4 is 6.34 Å². The second kappa shape index (κ2) is 1.24. The highest BCUT2D eigenvalue weighted by Crippen LogP contribution is 1.75. The van der Waals surface area contributed by atoms with Crippen LogP contribution < -0.4 is 10.9 Å². The number of nitrogens with one attached hydrogen (secondary N) is 2. The number of rotatable bonds is 0. The second-order valence-corrected chi connectivity index (χ2v) is 0.941. The topological polar surface area (TPSA) is 56.7 Å². The molecule has 1 rings (SSSR count). The van der Waals surface area contributed by atoms with Gasteiger partial charge >= 0.3 is 0 Å². The molecule has 34 valence electrons. The van der Waals surface area contributed by atoms with E-state index in [-0.39, 0.29) is 0 Å². The van der Waals surface area contributed by atoms with Gasteiger partial charge in [0.25, 0.3) is 0 Å². The first kappa shape index (κ1) is 3.58. The van der Waals surface area contributed by atoms with Gasteiger partial charge in [0.2, 0.25) is 6.35 Å². The summed E-state index contributed by atoms with van der Waals surface area (Å²) in [4.78, 5) is 3.44. The van der Waals surface area contributed by atoms with Crippen molar-refractivity contribution < 1.29 is 5.11 Å². The summed E-state index contributed by atoms with van der Waals surface area (Å²) in [5.74, 6) is 0. The molecule has 0 saturated carbocycles. The maximum Gasteiger partial charge on any atom is 0.220 e. The Hall–Kier alpha value is -0.610. The Morgan fingerprint density at radius 2 is 2.67 bits per heavy atom. The second-order valence-electron chi connectivity index (χ2n) is 0.941. The van der Waals surface area contributed by atoms with Crippen molar-refractivity contribution in [3.8, 4) is 0 Å².